The fraction of sp³-hybridized carbons (Fsp3) is 0.0476. The van der Waals surface area contributed by atoms with Gasteiger partial charge < -0.3 is 9.47 Å². The van der Waals surface area contributed by atoms with Gasteiger partial charge in [-0.05, 0) is 89.9 Å². The smallest absolute Gasteiger partial charge is 0.0633 e. The first kappa shape index (κ1) is 25.0. The molecule has 1 atom stereocenters. The van der Waals surface area contributed by atoms with Crippen LogP contribution in [0.1, 0.15) is 17.5 Å². The Morgan fingerprint density at radius 1 is 0.556 bits per heavy atom. The summed E-state index contributed by atoms with van der Waals surface area (Å²) in [5, 5.41) is 5.23. The van der Waals surface area contributed by atoms with Gasteiger partial charge in [-0.25, -0.2) is 0 Å². The highest BCUT2D eigenvalue weighted by molar-refractivity contribution is 7.25. The highest BCUT2D eigenvalue weighted by Gasteiger charge is 2.35. The zero-order valence-corrected chi connectivity index (χ0v) is 25.3. The Morgan fingerprint density at radius 3 is 2.24 bits per heavy atom. The van der Waals surface area contributed by atoms with E-state index in [4.69, 9.17) is 0 Å². The number of rotatable bonds is 3. The molecule has 10 rings (SSSR count). The number of benzene rings is 6. The predicted octanol–water partition coefficient (Wildman–Crippen LogP) is 11.5. The van der Waals surface area contributed by atoms with Crippen molar-refractivity contribution < 1.29 is 0 Å². The van der Waals surface area contributed by atoms with Gasteiger partial charge in [-0.3, -0.25) is 0 Å². The summed E-state index contributed by atoms with van der Waals surface area (Å²) < 4.78 is 5.11. The fourth-order valence-electron chi connectivity index (χ4n) is 7.68. The number of hydrogen-bond donors (Lipinski definition) is 0. The summed E-state index contributed by atoms with van der Waals surface area (Å²) in [7, 11) is 0. The van der Waals surface area contributed by atoms with Gasteiger partial charge in [0.05, 0.1) is 17.1 Å². The van der Waals surface area contributed by atoms with Crippen molar-refractivity contribution in [2.45, 2.75) is 12.5 Å². The summed E-state index contributed by atoms with van der Waals surface area (Å²) in [5.41, 5.74) is 11.5. The van der Waals surface area contributed by atoms with Gasteiger partial charge in [0, 0.05) is 53.6 Å². The van der Waals surface area contributed by atoms with Crippen molar-refractivity contribution in [2.24, 2.45) is 0 Å². The van der Waals surface area contributed by atoms with Crippen LogP contribution in [-0.2, 0) is 0 Å². The van der Waals surface area contributed by atoms with Crippen molar-refractivity contribution in [3.63, 3.8) is 0 Å². The molecule has 3 heterocycles. The van der Waals surface area contributed by atoms with Crippen LogP contribution < -0.4 is 4.90 Å². The second kappa shape index (κ2) is 9.56. The summed E-state index contributed by atoms with van der Waals surface area (Å²) >= 11 is 1.87. The van der Waals surface area contributed by atoms with Crippen LogP contribution in [0.2, 0.25) is 0 Å². The van der Waals surface area contributed by atoms with Gasteiger partial charge in [0.15, 0.2) is 0 Å². The molecule has 0 bridgehead atoms. The van der Waals surface area contributed by atoms with Gasteiger partial charge in [0.25, 0.3) is 0 Å². The number of thiophene rings is 1. The first-order chi connectivity index (χ1) is 22.3. The van der Waals surface area contributed by atoms with Crippen LogP contribution in [0, 0.1) is 0 Å². The summed E-state index contributed by atoms with van der Waals surface area (Å²) in [4.78, 5) is 2.51. The van der Waals surface area contributed by atoms with Gasteiger partial charge in [-0.15, -0.1) is 11.3 Å². The van der Waals surface area contributed by atoms with Crippen LogP contribution in [-0.4, -0.2) is 10.6 Å². The molecule has 1 aliphatic carbocycles. The number of fused-ring (bicyclic) bond motifs is 9. The van der Waals surface area contributed by atoms with E-state index in [9.17, 15) is 0 Å². The van der Waals surface area contributed by atoms with E-state index in [2.05, 4.69) is 161 Å². The third-order valence-electron chi connectivity index (χ3n) is 9.68. The zero-order valence-electron chi connectivity index (χ0n) is 24.5. The maximum atomic E-state index is 2.51. The lowest BCUT2D eigenvalue weighted by molar-refractivity contribution is 0.831. The molecule has 0 saturated heterocycles. The Morgan fingerprint density at radius 2 is 1.31 bits per heavy atom. The minimum atomic E-state index is 0.308. The first-order valence-electron chi connectivity index (χ1n) is 15.6. The van der Waals surface area contributed by atoms with Crippen LogP contribution in [0.4, 0.5) is 11.4 Å². The second-order valence-electron chi connectivity index (χ2n) is 12.1. The molecular weight excluding hydrogens is 565 g/mol. The number of nitrogens with zero attached hydrogens (tertiary/aromatic N) is 2. The Bertz CT molecular complexity index is 2530. The predicted molar refractivity (Wildman–Crippen MR) is 193 cm³/mol. The average Bonchev–Trinajstić information content (AvgIpc) is 3.75. The molecule has 2 aromatic heterocycles. The van der Waals surface area contributed by atoms with E-state index in [1.807, 2.05) is 11.3 Å². The van der Waals surface area contributed by atoms with Gasteiger partial charge in [0.2, 0.25) is 0 Å². The van der Waals surface area contributed by atoms with Gasteiger partial charge >= 0.3 is 0 Å². The molecule has 1 unspecified atom stereocenters. The van der Waals surface area contributed by atoms with E-state index in [0.717, 1.165) is 6.42 Å². The second-order valence-corrected chi connectivity index (χ2v) is 13.2. The molecule has 212 valence electrons. The van der Waals surface area contributed by atoms with Crippen molar-refractivity contribution in [1.82, 2.24) is 4.57 Å². The highest BCUT2D eigenvalue weighted by Crippen LogP contribution is 2.49. The van der Waals surface area contributed by atoms with Crippen LogP contribution >= 0.6 is 11.3 Å². The normalized spacial score (nSPS) is 15.9. The van der Waals surface area contributed by atoms with Crippen LogP contribution in [0.15, 0.2) is 152 Å². The summed E-state index contributed by atoms with van der Waals surface area (Å²) in [6, 6.07) is 51.6. The largest absolute Gasteiger partial charge is 0.333 e. The molecule has 0 radical (unpaired) electrons. The molecular formula is C42H28N2S. The third-order valence-corrected chi connectivity index (χ3v) is 10.8. The Balaban J connectivity index is 1.11. The maximum Gasteiger partial charge on any atom is 0.0633 e. The molecule has 0 N–H and O–H groups in total. The molecule has 6 aromatic carbocycles. The van der Waals surface area contributed by atoms with E-state index < -0.39 is 0 Å². The number of para-hydroxylation sites is 3. The molecule has 3 heteroatoms. The molecule has 1 aliphatic heterocycles. The lowest BCUT2D eigenvalue weighted by atomic mass is 9.89. The molecule has 0 fully saturated rings. The fourth-order valence-corrected chi connectivity index (χ4v) is 8.76. The molecule has 0 saturated carbocycles. The molecule has 0 amide bonds. The summed E-state index contributed by atoms with van der Waals surface area (Å²) in [6.07, 6.45) is 5.84. The van der Waals surface area contributed by atoms with Crippen molar-refractivity contribution in [1.29, 1.82) is 0 Å². The maximum absolute atomic E-state index is 2.51. The SMILES string of the molecule is C1=C(c2ccc3c(c2)c2ccccc2n3-c2ccc3sc4ccccc4c3c2)C=C2c3ccccc3N(c3ccccc3)C2C1. The molecule has 0 spiro atoms. The number of allylic oxidation sites excluding steroid dienone is 2. The van der Waals surface area contributed by atoms with Gasteiger partial charge in [0.1, 0.15) is 0 Å². The van der Waals surface area contributed by atoms with Crippen molar-refractivity contribution >= 4 is 75.8 Å². The lowest BCUT2D eigenvalue weighted by Gasteiger charge is -2.29. The first-order valence-corrected chi connectivity index (χ1v) is 16.4. The third kappa shape index (κ3) is 3.68. The van der Waals surface area contributed by atoms with Crippen molar-refractivity contribution in [3.8, 4) is 5.69 Å². The van der Waals surface area contributed by atoms with Crippen LogP contribution in [0.5, 0.6) is 0 Å². The summed E-state index contributed by atoms with van der Waals surface area (Å²) in [5.74, 6) is 0. The van der Waals surface area contributed by atoms with Crippen molar-refractivity contribution in [3.05, 3.63) is 163 Å². The minimum absolute atomic E-state index is 0.308. The summed E-state index contributed by atoms with van der Waals surface area (Å²) in [6.45, 7) is 0. The molecule has 8 aromatic rings. The van der Waals surface area contributed by atoms with Crippen molar-refractivity contribution in [2.75, 3.05) is 4.90 Å². The topological polar surface area (TPSA) is 8.17 Å². The van der Waals surface area contributed by atoms with Crippen LogP contribution in [0.3, 0.4) is 0 Å². The highest BCUT2D eigenvalue weighted by atomic mass is 32.1. The number of hydrogen-bond acceptors (Lipinski definition) is 2. The molecule has 2 aliphatic rings. The van der Waals surface area contributed by atoms with Gasteiger partial charge in [-0.1, -0.05) is 84.9 Å². The Labute approximate surface area is 265 Å². The van der Waals surface area contributed by atoms with E-state index >= 15 is 0 Å². The molecule has 45 heavy (non-hydrogen) atoms. The Kier molecular flexibility index (Phi) is 5.31. The van der Waals surface area contributed by atoms with Gasteiger partial charge in [-0.2, -0.15) is 0 Å². The minimum Gasteiger partial charge on any atom is -0.333 e. The number of aromatic nitrogens is 1. The van der Waals surface area contributed by atoms with Crippen LogP contribution in [0.25, 0.3) is 58.8 Å². The Hall–Kier alpha value is -5.38. The van der Waals surface area contributed by atoms with E-state index in [1.54, 1.807) is 0 Å². The van der Waals surface area contributed by atoms with E-state index in [1.165, 1.54) is 81.3 Å². The lowest BCUT2D eigenvalue weighted by Crippen LogP contribution is -2.27. The van der Waals surface area contributed by atoms with E-state index in [0.29, 0.717) is 6.04 Å². The molecule has 2 nitrogen and oxygen atoms in total. The monoisotopic (exact) mass is 592 g/mol. The quantitative estimate of drug-likeness (QED) is 0.198. The zero-order chi connectivity index (χ0) is 29.5. The number of anilines is 2. The average molecular weight is 593 g/mol. The standard InChI is InChI=1S/C42H28N2S/c1-2-10-29(11-3-1)43-37-15-7-4-12-31(37)34-24-27(18-21-39(34)43)28-19-22-40-35(25-28)32-13-5-8-16-38(32)44(40)30-20-23-42-36(26-30)33-14-6-9-17-41(33)45-42/h1-20,22-26,39H,21H2. The van der Waals surface area contributed by atoms with E-state index in [-0.39, 0.29) is 0 Å².